The Morgan fingerprint density at radius 3 is 3.04 bits per heavy atom. The second-order valence-corrected chi connectivity index (χ2v) is 5.75. The summed E-state index contributed by atoms with van der Waals surface area (Å²) < 4.78 is 28.7. The van der Waals surface area contributed by atoms with Gasteiger partial charge in [-0.2, -0.15) is 0 Å². The molecule has 7 heteroatoms. The zero-order valence-corrected chi connectivity index (χ0v) is 14.0. The van der Waals surface area contributed by atoms with Crippen LogP contribution in [0.15, 0.2) is 40.8 Å². The predicted octanol–water partition coefficient (Wildman–Crippen LogP) is 3.54. The number of hydrogen-bond acceptors (Lipinski definition) is 4. The summed E-state index contributed by atoms with van der Waals surface area (Å²) in [6, 6.07) is 10.4. The molecule has 134 valence electrons. The molecule has 0 aliphatic carbocycles. The average Bonchev–Trinajstić information content (AvgIpc) is 3.07. The lowest BCUT2D eigenvalue weighted by Crippen LogP contribution is -2.44. The van der Waals surface area contributed by atoms with Crippen molar-refractivity contribution in [3.63, 3.8) is 0 Å². The first kappa shape index (κ1) is 17.3. The van der Waals surface area contributed by atoms with Gasteiger partial charge in [0.2, 0.25) is 0 Å². The van der Waals surface area contributed by atoms with E-state index in [1.54, 1.807) is 29.2 Å². The van der Waals surface area contributed by atoms with Gasteiger partial charge >= 0.3 is 6.03 Å². The first-order chi connectivity index (χ1) is 12.2. The summed E-state index contributed by atoms with van der Waals surface area (Å²) in [5.41, 5.74) is 0.596. The minimum absolute atomic E-state index is 0.00882. The van der Waals surface area contributed by atoms with Gasteiger partial charge in [0.1, 0.15) is 36.7 Å². The number of nitrogens with zero attached hydrogens (tertiary/aromatic N) is 1. The predicted molar refractivity (Wildman–Crippen MR) is 90.6 cm³/mol. The Hall–Kier alpha value is -2.54. The highest BCUT2D eigenvalue weighted by molar-refractivity contribution is 5.89. The molecule has 1 saturated heterocycles. The molecule has 2 amide bonds. The molecule has 1 N–H and O–H groups in total. The number of amides is 2. The van der Waals surface area contributed by atoms with Crippen molar-refractivity contribution in [2.24, 2.45) is 0 Å². The molecule has 1 aromatic heterocycles. The Morgan fingerprint density at radius 2 is 2.28 bits per heavy atom. The van der Waals surface area contributed by atoms with E-state index < -0.39 is 6.67 Å². The fraction of sp³-hybridized carbons (Fsp3) is 0.389. The number of aryl methyl sites for hydroxylation is 1. The van der Waals surface area contributed by atoms with E-state index in [0.29, 0.717) is 31.1 Å². The zero-order valence-electron chi connectivity index (χ0n) is 14.0. The fourth-order valence-electron chi connectivity index (χ4n) is 2.65. The molecular weight excluding hydrogens is 327 g/mol. The maximum Gasteiger partial charge on any atom is 0.322 e. The number of urea groups is 1. The lowest BCUT2D eigenvalue weighted by Gasteiger charge is -2.32. The summed E-state index contributed by atoms with van der Waals surface area (Å²) in [6.07, 6.45) is -0.271. The normalized spacial score (nSPS) is 17.4. The van der Waals surface area contributed by atoms with Crippen molar-refractivity contribution in [1.29, 1.82) is 0 Å². The highest BCUT2D eigenvalue weighted by Crippen LogP contribution is 2.25. The van der Waals surface area contributed by atoms with Crippen molar-refractivity contribution in [1.82, 2.24) is 4.90 Å². The maximum atomic E-state index is 12.5. The molecule has 2 aromatic rings. The second kappa shape index (κ2) is 8.02. The summed E-state index contributed by atoms with van der Waals surface area (Å²) in [7, 11) is 0. The van der Waals surface area contributed by atoms with E-state index in [1.165, 1.54) is 0 Å². The monoisotopic (exact) mass is 348 g/mol. The highest BCUT2D eigenvalue weighted by Gasteiger charge is 2.27. The van der Waals surface area contributed by atoms with Gasteiger partial charge in [-0.25, -0.2) is 9.18 Å². The smallest absolute Gasteiger partial charge is 0.322 e. The van der Waals surface area contributed by atoms with Crippen molar-refractivity contribution in [2.45, 2.75) is 13.0 Å². The van der Waals surface area contributed by atoms with Crippen LogP contribution in [0.4, 0.5) is 14.9 Å². The molecule has 1 aliphatic heterocycles. The van der Waals surface area contributed by atoms with Gasteiger partial charge in [0.05, 0.1) is 13.2 Å². The molecule has 1 fully saturated rings. The highest BCUT2D eigenvalue weighted by atomic mass is 19.1. The number of benzene rings is 1. The van der Waals surface area contributed by atoms with Crippen molar-refractivity contribution >= 4 is 11.7 Å². The number of ether oxygens (including phenoxy) is 2. The number of halogens is 1. The van der Waals surface area contributed by atoms with Gasteiger partial charge in [-0.15, -0.1) is 0 Å². The van der Waals surface area contributed by atoms with Crippen LogP contribution >= 0.6 is 0 Å². The summed E-state index contributed by atoms with van der Waals surface area (Å²) in [5, 5.41) is 2.83. The molecule has 1 aliphatic rings. The molecule has 6 nitrogen and oxygen atoms in total. The Labute approximate surface area is 145 Å². The number of alkyl halides is 1. The van der Waals surface area contributed by atoms with Crippen LogP contribution < -0.4 is 10.1 Å². The van der Waals surface area contributed by atoms with Crippen LogP contribution in [-0.2, 0) is 4.74 Å². The van der Waals surface area contributed by atoms with Gasteiger partial charge in [0, 0.05) is 18.3 Å². The molecule has 0 spiro atoms. The van der Waals surface area contributed by atoms with E-state index in [0.717, 1.165) is 11.5 Å². The van der Waals surface area contributed by atoms with Gasteiger partial charge in [-0.1, -0.05) is 6.07 Å². The maximum absolute atomic E-state index is 12.5. The standard InChI is InChI=1S/C18H21FN2O4/c1-13-5-6-16(25-13)17-12-21(8-10-24-17)18(22)20-14-3-2-4-15(11-14)23-9-7-19/h2-6,11,17H,7-10,12H2,1H3,(H,20,22)/t17-/m1/s1. The van der Waals surface area contributed by atoms with E-state index in [2.05, 4.69) is 5.32 Å². The SMILES string of the molecule is Cc1ccc([C@H]2CN(C(=O)Nc3cccc(OCCF)c3)CCO2)o1. The van der Waals surface area contributed by atoms with Crippen LogP contribution in [0.2, 0.25) is 0 Å². The van der Waals surface area contributed by atoms with Crippen molar-refractivity contribution in [3.05, 3.63) is 47.9 Å². The number of anilines is 1. The Kier molecular flexibility index (Phi) is 5.55. The number of nitrogens with one attached hydrogen (secondary N) is 1. The van der Waals surface area contributed by atoms with Gasteiger partial charge in [-0.05, 0) is 31.2 Å². The van der Waals surface area contributed by atoms with Crippen molar-refractivity contribution in [2.75, 3.05) is 38.3 Å². The average molecular weight is 348 g/mol. The minimum Gasteiger partial charge on any atom is -0.491 e. The molecule has 0 radical (unpaired) electrons. The first-order valence-corrected chi connectivity index (χ1v) is 8.18. The Bertz CT molecular complexity index is 719. The van der Waals surface area contributed by atoms with Gasteiger partial charge in [-0.3, -0.25) is 0 Å². The summed E-state index contributed by atoms with van der Waals surface area (Å²) in [4.78, 5) is 14.2. The van der Waals surface area contributed by atoms with E-state index in [1.807, 2.05) is 19.1 Å². The lowest BCUT2D eigenvalue weighted by molar-refractivity contribution is -0.0246. The number of carbonyl (C=O) groups excluding carboxylic acids is 1. The third-order valence-corrected chi connectivity index (χ3v) is 3.86. The molecule has 0 saturated carbocycles. The van der Waals surface area contributed by atoms with Gasteiger partial charge in [0.25, 0.3) is 0 Å². The van der Waals surface area contributed by atoms with Crippen LogP contribution in [0.25, 0.3) is 0 Å². The van der Waals surface area contributed by atoms with Crippen molar-refractivity contribution < 1.29 is 23.1 Å². The Morgan fingerprint density at radius 1 is 1.40 bits per heavy atom. The molecule has 25 heavy (non-hydrogen) atoms. The summed E-state index contributed by atoms with van der Waals surface area (Å²) in [6.45, 7) is 2.66. The van der Waals surface area contributed by atoms with Crippen molar-refractivity contribution in [3.8, 4) is 5.75 Å². The number of hydrogen-bond donors (Lipinski definition) is 1. The molecular formula is C18H21FN2O4. The number of furan rings is 1. The lowest BCUT2D eigenvalue weighted by atomic mass is 10.2. The fourth-order valence-corrected chi connectivity index (χ4v) is 2.65. The first-order valence-electron chi connectivity index (χ1n) is 8.18. The number of morpholine rings is 1. The molecule has 3 rings (SSSR count). The van der Waals surface area contributed by atoms with Crippen LogP contribution in [0.5, 0.6) is 5.75 Å². The van der Waals surface area contributed by atoms with E-state index in [-0.39, 0.29) is 18.7 Å². The number of rotatable bonds is 5. The van der Waals surface area contributed by atoms with E-state index in [9.17, 15) is 9.18 Å². The summed E-state index contributed by atoms with van der Waals surface area (Å²) in [5.74, 6) is 2.04. The Balaban J connectivity index is 1.61. The third kappa shape index (κ3) is 4.51. The molecule has 1 atom stereocenters. The second-order valence-electron chi connectivity index (χ2n) is 5.75. The van der Waals surface area contributed by atoms with Gasteiger partial charge in [0.15, 0.2) is 0 Å². The molecule has 2 heterocycles. The third-order valence-electron chi connectivity index (χ3n) is 3.86. The number of carbonyl (C=O) groups is 1. The molecule has 0 bridgehead atoms. The van der Waals surface area contributed by atoms with Gasteiger partial charge < -0.3 is 24.1 Å². The van der Waals surface area contributed by atoms with E-state index >= 15 is 0 Å². The van der Waals surface area contributed by atoms with Crippen LogP contribution in [0, 0.1) is 6.92 Å². The quantitative estimate of drug-likeness (QED) is 0.898. The van der Waals surface area contributed by atoms with E-state index in [4.69, 9.17) is 13.9 Å². The molecule has 1 aromatic carbocycles. The van der Waals surface area contributed by atoms with Crippen LogP contribution in [0.1, 0.15) is 17.6 Å². The summed E-state index contributed by atoms with van der Waals surface area (Å²) >= 11 is 0. The zero-order chi connectivity index (χ0) is 17.6. The minimum atomic E-state index is -0.558. The molecule has 0 unspecified atom stereocenters. The topological polar surface area (TPSA) is 63.9 Å². The van der Waals surface area contributed by atoms with Crippen LogP contribution in [-0.4, -0.2) is 43.9 Å². The van der Waals surface area contributed by atoms with Crippen LogP contribution in [0.3, 0.4) is 0 Å². The largest absolute Gasteiger partial charge is 0.491 e.